The second-order valence-electron chi connectivity index (χ2n) is 3.89. The molecule has 1 aromatic heterocycles. The lowest BCUT2D eigenvalue weighted by Gasteiger charge is -2.19. The van der Waals surface area contributed by atoms with Crippen LogP contribution in [0.15, 0.2) is 21.7 Å². The summed E-state index contributed by atoms with van der Waals surface area (Å²) in [7, 11) is -3.37. The maximum Gasteiger partial charge on any atom is 0.250 e. The summed E-state index contributed by atoms with van der Waals surface area (Å²) >= 11 is 1.22. The largest absolute Gasteiger partial charge is 0.377 e. The van der Waals surface area contributed by atoms with Crippen LogP contribution in [0.5, 0.6) is 0 Å². The summed E-state index contributed by atoms with van der Waals surface area (Å²) in [5.41, 5.74) is 0. The van der Waals surface area contributed by atoms with E-state index in [1.54, 1.807) is 17.5 Å². The molecule has 6 heteroatoms. The van der Waals surface area contributed by atoms with E-state index in [0.29, 0.717) is 4.21 Å². The van der Waals surface area contributed by atoms with E-state index in [-0.39, 0.29) is 12.1 Å². The zero-order valence-electron chi connectivity index (χ0n) is 9.05. The highest BCUT2D eigenvalue weighted by atomic mass is 32.2. The Morgan fingerprint density at radius 1 is 1.62 bits per heavy atom. The molecule has 1 N–H and O–H groups in total. The van der Waals surface area contributed by atoms with Gasteiger partial charge in [-0.2, -0.15) is 0 Å². The fourth-order valence-corrected chi connectivity index (χ4v) is 4.07. The highest BCUT2D eigenvalue weighted by Gasteiger charge is 2.27. The number of hydrogen-bond donors (Lipinski definition) is 1. The summed E-state index contributed by atoms with van der Waals surface area (Å²) in [6.07, 6.45) is 1.94. The van der Waals surface area contributed by atoms with E-state index in [0.717, 1.165) is 19.4 Å². The van der Waals surface area contributed by atoms with Crippen molar-refractivity contribution in [1.82, 2.24) is 4.72 Å². The van der Waals surface area contributed by atoms with Crippen molar-refractivity contribution >= 4 is 21.4 Å². The molecule has 1 aliphatic rings. The van der Waals surface area contributed by atoms with E-state index in [4.69, 9.17) is 4.74 Å². The second kappa shape index (κ2) is 4.83. The van der Waals surface area contributed by atoms with Gasteiger partial charge in [0.1, 0.15) is 4.21 Å². The first kappa shape index (κ1) is 12.0. The lowest BCUT2D eigenvalue weighted by atomic mass is 10.1. The zero-order valence-corrected chi connectivity index (χ0v) is 10.7. The van der Waals surface area contributed by atoms with Crippen LogP contribution in [0.25, 0.3) is 0 Å². The standard InChI is InChI=1S/C10H15NO3S2/c1-8(9-4-2-6-14-9)11-16(12,13)10-5-3-7-15-10/h3,5,7-9,11H,2,4,6H2,1H3/t8-,9+/m0/s1. The van der Waals surface area contributed by atoms with Crippen molar-refractivity contribution in [1.29, 1.82) is 0 Å². The van der Waals surface area contributed by atoms with Crippen molar-refractivity contribution in [3.05, 3.63) is 17.5 Å². The van der Waals surface area contributed by atoms with Crippen molar-refractivity contribution in [2.75, 3.05) is 6.61 Å². The quantitative estimate of drug-likeness (QED) is 0.895. The molecule has 1 fully saturated rings. The molecular formula is C10H15NO3S2. The van der Waals surface area contributed by atoms with Gasteiger partial charge in [-0.25, -0.2) is 13.1 Å². The van der Waals surface area contributed by atoms with Gasteiger partial charge in [0.25, 0.3) is 0 Å². The van der Waals surface area contributed by atoms with Gasteiger partial charge >= 0.3 is 0 Å². The summed E-state index contributed by atoms with van der Waals surface area (Å²) in [6, 6.07) is 3.17. The molecule has 1 saturated heterocycles. The first-order chi connectivity index (χ1) is 7.59. The molecule has 1 aromatic rings. The average molecular weight is 261 g/mol. The molecule has 90 valence electrons. The molecular weight excluding hydrogens is 246 g/mol. The molecule has 0 amide bonds. The number of thiophene rings is 1. The van der Waals surface area contributed by atoms with Crippen molar-refractivity contribution in [2.45, 2.75) is 36.1 Å². The Labute approximate surface area is 99.7 Å². The van der Waals surface area contributed by atoms with E-state index < -0.39 is 10.0 Å². The Morgan fingerprint density at radius 3 is 3.00 bits per heavy atom. The second-order valence-corrected chi connectivity index (χ2v) is 6.78. The first-order valence-electron chi connectivity index (χ1n) is 5.27. The Balaban J connectivity index is 2.03. The molecule has 0 saturated carbocycles. The van der Waals surface area contributed by atoms with Gasteiger partial charge in [-0.1, -0.05) is 6.07 Å². The highest BCUT2D eigenvalue weighted by molar-refractivity contribution is 7.91. The molecule has 0 aliphatic carbocycles. The molecule has 2 rings (SSSR count). The van der Waals surface area contributed by atoms with E-state index in [2.05, 4.69) is 4.72 Å². The summed E-state index contributed by atoms with van der Waals surface area (Å²) in [5, 5.41) is 1.76. The number of ether oxygens (including phenoxy) is 1. The van der Waals surface area contributed by atoms with Gasteiger partial charge in [0.15, 0.2) is 0 Å². The first-order valence-corrected chi connectivity index (χ1v) is 7.63. The van der Waals surface area contributed by atoms with Gasteiger partial charge in [0.2, 0.25) is 10.0 Å². The normalized spacial score (nSPS) is 23.4. The Morgan fingerprint density at radius 2 is 2.44 bits per heavy atom. The monoisotopic (exact) mass is 261 g/mol. The average Bonchev–Trinajstić information content (AvgIpc) is 2.91. The maximum atomic E-state index is 11.9. The molecule has 2 atom stereocenters. The third kappa shape index (κ3) is 2.63. The van der Waals surface area contributed by atoms with Crippen molar-refractivity contribution in [3.63, 3.8) is 0 Å². The van der Waals surface area contributed by atoms with Gasteiger partial charge in [0, 0.05) is 12.6 Å². The third-order valence-electron chi connectivity index (χ3n) is 2.62. The van der Waals surface area contributed by atoms with Crippen LogP contribution in [0, 0.1) is 0 Å². The minimum Gasteiger partial charge on any atom is -0.377 e. The maximum absolute atomic E-state index is 11.9. The summed E-state index contributed by atoms with van der Waals surface area (Å²) in [4.78, 5) is 0. The zero-order chi connectivity index (χ0) is 11.6. The number of nitrogens with one attached hydrogen (secondary N) is 1. The molecule has 16 heavy (non-hydrogen) atoms. The highest BCUT2D eigenvalue weighted by Crippen LogP contribution is 2.19. The molecule has 0 radical (unpaired) electrons. The Kier molecular flexibility index (Phi) is 3.63. The van der Waals surface area contributed by atoms with Crippen LogP contribution in [0.2, 0.25) is 0 Å². The minimum absolute atomic E-state index is 0.00902. The number of rotatable bonds is 4. The van der Waals surface area contributed by atoms with Crippen LogP contribution in [0.1, 0.15) is 19.8 Å². The number of hydrogen-bond acceptors (Lipinski definition) is 4. The van der Waals surface area contributed by atoms with Crippen molar-refractivity contribution in [2.24, 2.45) is 0 Å². The van der Waals surface area contributed by atoms with Crippen LogP contribution < -0.4 is 4.72 Å². The van der Waals surface area contributed by atoms with Gasteiger partial charge in [-0.3, -0.25) is 0 Å². The topological polar surface area (TPSA) is 55.4 Å². The molecule has 2 heterocycles. The summed E-state index contributed by atoms with van der Waals surface area (Å²) < 4.78 is 32.3. The van der Waals surface area contributed by atoms with Crippen molar-refractivity contribution < 1.29 is 13.2 Å². The number of sulfonamides is 1. The minimum atomic E-state index is -3.37. The third-order valence-corrected chi connectivity index (χ3v) is 5.58. The molecule has 4 nitrogen and oxygen atoms in total. The fraction of sp³-hybridized carbons (Fsp3) is 0.600. The lowest BCUT2D eigenvalue weighted by molar-refractivity contribution is 0.0902. The van der Waals surface area contributed by atoms with Crippen LogP contribution in [-0.4, -0.2) is 27.2 Å². The Hall–Kier alpha value is -0.430. The summed E-state index contributed by atoms with van der Waals surface area (Å²) in [5.74, 6) is 0. The van der Waals surface area contributed by atoms with Gasteiger partial charge < -0.3 is 4.74 Å². The van der Waals surface area contributed by atoms with E-state index in [1.807, 2.05) is 6.92 Å². The van der Waals surface area contributed by atoms with E-state index in [1.165, 1.54) is 11.3 Å². The van der Waals surface area contributed by atoms with Crippen LogP contribution >= 0.6 is 11.3 Å². The van der Waals surface area contributed by atoms with Crippen LogP contribution in [0.4, 0.5) is 0 Å². The molecule has 0 bridgehead atoms. The molecule has 1 aliphatic heterocycles. The smallest absolute Gasteiger partial charge is 0.250 e. The van der Waals surface area contributed by atoms with Crippen LogP contribution in [0.3, 0.4) is 0 Å². The fourth-order valence-electron chi connectivity index (χ4n) is 1.79. The van der Waals surface area contributed by atoms with E-state index in [9.17, 15) is 8.42 Å². The predicted molar refractivity (Wildman–Crippen MR) is 63.1 cm³/mol. The molecule has 0 aromatic carbocycles. The summed E-state index contributed by atoms with van der Waals surface area (Å²) in [6.45, 7) is 2.58. The molecule has 0 unspecified atom stereocenters. The predicted octanol–water partition coefficient (Wildman–Crippen LogP) is 1.59. The SMILES string of the molecule is C[C@H](NS(=O)(=O)c1cccs1)[C@H]1CCCO1. The van der Waals surface area contributed by atoms with Gasteiger partial charge in [-0.05, 0) is 31.2 Å². The molecule has 0 spiro atoms. The lowest BCUT2D eigenvalue weighted by Crippen LogP contribution is -2.40. The van der Waals surface area contributed by atoms with Gasteiger partial charge in [0.05, 0.1) is 6.10 Å². The van der Waals surface area contributed by atoms with Gasteiger partial charge in [-0.15, -0.1) is 11.3 Å². The Bertz CT molecular complexity index is 421. The van der Waals surface area contributed by atoms with E-state index >= 15 is 0 Å². The van der Waals surface area contributed by atoms with Crippen LogP contribution in [-0.2, 0) is 14.8 Å². The van der Waals surface area contributed by atoms with Crippen molar-refractivity contribution in [3.8, 4) is 0 Å².